The fourth-order valence-electron chi connectivity index (χ4n) is 3.63. The smallest absolute Gasteiger partial charge is 0.232 e. The second-order valence-corrected chi connectivity index (χ2v) is 9.39. The van der Waals surface area contributed by atoms with Gasteiger partial charge in [-0.05, 0) is 55.0 Å². The molecule has 0 saturated carbocycles. The van der Waals surface area contributed by atoms with Crippen LogP contribution < -0.4 is 13.9 Å². The van der Waals surface area contributed by atoms with Crippen LogP contribution in [0.2, 0.25) is 0 Å². The molecule has 2 aromatic rings. The predicted molar refractivity (Wildman–Crippen MR) is 120 cm³/mol. The van der Waals surface area contributed by atoms with E-state index in [0.29, 0.717) is 44.0 Å². The second kappa shape index (κ2) is 10.00. The fourth-order valence-corrected chi connectivity index (χ4v) is 4.60. The van der Waals surface area contributed by atoms with Crippen LogP contribution in [0.4, 0.5) is 15.8 Å². The molecule has 2 aromatic carbocycles. The van der Waals surface area contributed by atoms with Gasteiger partial charge in [-0.25, -0.2) is 12.8 Å². The molecule has 0 N–H and O–H groups in total. The van der Waals surface area contributed by atoms with Crippen LogP contribution in [-0.2, 0) is 14.8 Å². The van der Waals surface area contributed by atoms with E-state index >= 15 is 0 Å². The summed E-state index contributed by atoms with van der Waals surface area (Å²) < 4.78 is 44.0. The minimum atomic E-state index is -3.47. The molecule has 0 unspecified atom stereocenters. The number of sulfonamides is 1. The average Bonchev–Trinajstić information content (AvgIpc) is 2.76. The number of benzene rings is 2. The molecule has 1 saturated heterocycles. The molecule has 0 atom stereocenters. The number of anilines is 2. The van der Waals surface area contributed by atoms with Gasteiger partial charge in [0.2, 0.25) is 15.9 Å². The van der Waals surface area contributed by atoms with E-state index in [4.69, 9.17) is 4.74 Å². The third-order valence-corrected chi connectivity index (χ3v) is 6.53. The number of amides is 1. The Labute approximate surface area is 183 Å². The van der Waals surface area contributed by atoms with Gasteiger partial charge in [0, 0.05) is 44.8 Å². The number of piperazine rings is 1. The maximum Gasteiger partial charge on any atom is 0.232 e. The molecule has 0 aliphatic carbocycles. The van der Waals surface area contributed by atoms with Crippen molar-refractivity contribution in [1.29, 1.82) is 0 Å². The Morgan fingerprint density at radius 3 is 2.19 bits per heavy atom. The van der Waals surface area contributed by atoms with Crippen molar-refractivity contribution in [3.8, 4) is 5.75 Å². The van der Waals surface area contributed by atoms with E-state index in [0.717, 1.165) is 11.9 Å². The summed E-state index contributed by atoms with van der Waals surface area (Å²) >= 11 is 0. The molecule has 0 spiro atoms. The van der Waals surface area contributed by atoms with Crippen molar-refractivity contribution in [3.05, 3.63) is 54.3 Å². The van der Waals surface area contributed by atoms with Gasteiger partial charge in [0.1, 0.15) is 11.6 Å². The Kier molecular flexibility index (Phi) is 7.37. The van der Waals surface area contributed by atoms with Crippen LogP contribution in [-0.4, -0.2) is 65.3 Å². The van der Waals surface area contributed by atoms with Crippen molar-refractivity contribution < 1.29 is 22.3 Å². The lowest BCUT2D eigenvalue weighted by Gasteiger charge is -2.36. The minimum Gasteiger partial charge on any atom is -0.497 e. The number of carbonyl (C=O) groups is 1. The first kappa shape index (κ1) is 22.9. The second-order valence-electron chi connectivity index (χ2n) is 7.48. The lowest BCUT2D eigenvalue weighted by molar-refractivity contribution is -0.131. The molecular weight excluding hydrogens is 421 g/mol. The molecule has 1 aliphatic heterocycles. The van der Waals surface area contributed by atoms with Crippen molar-refractivity contribution in [1.82, 2.24) is 4.90 Å². The molecule has 0 aromatic heterocycles. The van der Waals surface area contributed by atoms with Crippen LogP contribution in [0.5, 0.6) is 5.75 Å². The highest BCUT2D eigenvalue weighted by atomic mass is 32.2. The highest BCUT2D eigenvalue weighted by Gasteiger charge is 2.22. The van der Waals surface area contributed by atoms with Crippen LogP contribution in [0.1, 0.15) is 12.8 Å². The first-order chi connectivity index (χ1) is 14.8. The number of carbonyl (C=O) groups excluding carboxylic acids is 1. The standard InChI is InChI=1S/C22H28FN3O4S/c1-30-21-11-9-20(10-12-21)26(31(2,28)29)13-3-4-22(27)25-16-14-24(15-17-25)19-7-5-18(23)6-8-19/h5-12H,3-4,13-17H2,1-2H3. The summed E-state index contributed by atoms with van der Waals surface area (Å²) in [4.78, 5) is 16.5. The van der Waals surface area contributed by atoms with Crippen molar-refractivity contribution in [3.63, 3.8) is 0 Å². The molecule has 168 valence electrons. The summed E-state index contributed by atoms with van der Waals surface area (Å²) in [5.74, 6) is 0.393. The van der Waals surface area contributed by atoms with Gasteiger partial charge in [0.25, 0.3) is 0 Å². The topological polar surface area (TPSA) is 70.2 Å². The maximum atomic E-state index is 13.1. The third-order valence-electron chi connectivity index (χ3n) is 5.34. The summed E-state index contributed by atoms with van der Waals surface area (Å²) in [6.07, 6.45) is 1.86. The van der Waals surface area contributed by atoms with Gasteiger partial charge in [-0.2, -0.15) is 0 Å². The summed E-state index contributed by atoms with van der Waals surface area (Å²) in [5.41, 5.74) is 1.49. The van der Waals surface area contributed by atoms with Crippen LogP contribution in [0.3, 0.4) is 0 Å². The van der Waals surface area contributed by atoms with Gasteiger partial charge in [-0.3, -0.25) is 9.10 Å². The Bertz CT molecular complexity index is 973. The average molecular weight is 450 g/mol. The van der Waals surface area contributed by atoms with Gasteiger partial charge < -0.3 is 14.5 Å². The monoisotopic (exact) mass is 449 g/mol. The largest absolute Gasteiger partial charge is 0.497 e. The summed E-state index contributed by atoms with van der Waals surface area (Å²) in [6, 6.07) is 13.1. The summed E-state index contributed by atoms with van der Waals surface area (Å²) in [6.45, 7) is 2.76. The van der Waals surface area contributed by atoms with E-state index in [1.165, 1.54) is 16.4 Å². The molecule has 1 fully saturated rings. The minimum absolute atomic E-state index is 0.0157. The van der Waals surface area contributed by atoms with Crippen molar-refractivity contribution in [2.24, 2.45) is 0 Å². The zero-order chi connectivity index (χ0) is 22.4. The van der Waals surface area contributed by atoms with Crippen molar-refractivity contribution in [2.45, 2.75) is 12.8 Å². The molecular formula is C22H28FN3O4S. The van der Waals surface area contributed by atoms with Gasteiger partial charge in [0.15, 0.2) is 0 Å². The molecule has 0 radical (unpaired) electrons. The quantitative estimate of drug-likeness (QED) is 0.620. The molecule has 9 heteroatoms. The van der Waals surface area contributed by atoms with Gasteiger partial charge in [0.05, 0.1) is 19.1 Å². The van der Waals surface area contributed by atoms with E-state index in [-0.39, 0.29) is 24.7 Å². The number of methoxy groups -OCH3 is 1. The lowest BCUT2D eigenvalue weighted by atomic mass is 10.2. The van der Waals surface area contributed by atoms with Crippen molar-refractivity contribution in [2.75, 3.05) is 55.3 Å². The summed E-state index contributed by atoms with van der Waals surface area (Å²) in [7, 11) is -1.92. The first-order valence-corrected chi connectivity index (χ1v) is 12.0. The highest BCUT2D eigenvalue weighted by Crippen LogP contribution is 2.22. The lowest BCUT2D eigenvalue weighted by Crippen LogP contribution is -2.48. The SMILES string of the molecule is COc1ccc(N(CCCC(=O)N2CCN(c3ccc(F)cc3)CC2)S(C)(=O)=O)cc1. The number of hydrogen-bond donors (Lipinski definition) is 0. The predicted octanol–water partition coefficient (Wildman–Crippen LogP) is 2.73. The van der Waals surface area contributed by atoms with E-state index in [1.54, 1.807) is 48.4 Å². The van der Waals surface area contributed by atoms with E-state index < -0.39 is 10.0 Å². The molecule has 0 bridgehead atoms. The van der Waals surface area contributed by atoms with Crippen LogP contribution in [0, 0.1) is 5.82 Å². The van der Waals surface area contributed by atoms with Crippen LogP contribution in [0.15, 0.2) is 48.5 Å². The molecule has 7 nitrogen and oxygen atoms in total. The Morgan fingerprint density at radius 1 is 1.03 bits per heavy atom. The zero-order valence-corrected chi connectivity index (χ0v) is 18.6. The molecule has 3 rings (SSSR count). The molecule has 31 heavy (non-hydrogen) atoms. The number of ether oxygens (including phenoxy) is 1. The van der Waals surface area contributed by atoms with E-state index in [1.807, 2.05) is 0 Å². The van der Waals surface area contributed by atoms with Gasteiger partial charge in [-0.15, -0.1) is 0 Å². The normalized spacial score (nSPS) is 14.4. The molecule has 1 amide bonds. The summed E-state index contributed by atoms with van der Waals surface area (Å²) in [5, 5.41) is 0. The fraction of sp³-hybridized carbons (Fsp3) is 0.409. The van der Waals surface area contributed by atoms with Crippen LogP contribution >= 0.6 is 0 Å². The first-order valence-electron chi connectivity index (χ1n) is 10.2. The molecule has 1 heterocycles. The number of halogens is 1. The third kappa shape index (κ3) is 6.10. The zero-order valence-electron chi connectivity index (χ0n) is 17.8. The van der Waals surface area contributed by atoms with E-state index in [9.17, 15) is 17.6 Å². The maximum absolute atomic E-state index is 13.1. The van der Waals surface area contributed by atoms with Gasteiger partial charge in [-0.1, -0.05) is 0 Å². The Balaban J connectivity index is 1.50. The highest BCUT2D eigenvalue weighted by molar-refractivity contribution is 7.92. The number of hydrogen-bond acceptors (Lipinski definition) is 5. The van der Waals surface area contributed by atoms with E-state index in [2.05, 4.69) is 4.90 Å². The number of rotatable bonds is 8. The molecule has 1 aliphatic rings. The number of nitrogens with zero attached hydrogens (tertiary/aromatic N) is 3. The Morgan fingerprint density at radius 2 is 1.65 bits per heavy atom. The Hall–Kier alpha value is -2.81. The van der Waals surface area contributed by atoms with Crippen LogP contribution in [0.25, 0.3) is 0 Å². The van der Waals surface area contributed by atoms with Gasteiger partial charge >= 0.3 is 0 Å². The van der Waals surface area contributed by atoms with Crippen molar-refractivity contribution >= 4 is 27.3 Å².